The summed E-state index contributed by atoms with van der Waals surface area (Å²) in [5.41, 5.74) is 2.46. The molecule has 2 aromatic heterocycles. The largest absolute Gasteiger partial charge is 0.283 e. The Kier molecular flexibility index (Phi) is 5.07. The van der Waals surface area contributed by atoms with E-state index in [0.29, 0.717) is 26.6 Å². The van der Waals surface area contributed by atoms with Crippen LogP contribution in [-0.4, -0.2) is 30.4 Å². The van der Waals surface area contributed by atoms with Crippen molar-refractivity contribution < 1.29 is 9.72 Å². The smallest absolute Gasteiger partial charge is 0.275 e. The minimum Gasteiger partial charge on any atom is -0.275 e. The van der Waals surface area contributed by atoms with E-state index >= 15 is 0 Å². The lowest BCUT2D eigenvalue weighted by Crippen LogP contribution is -2.16. The number of non-ortho nitro benzene ring substituents is 1. The van der Waals surface area contributed by atoms with E-state index in [4.69, 9.17) is 0 Å². The normalized spacial score (nSPS) is 11.6. The number of nitro benzene ring substituents is 1. The molecule has 0 N–H and O–H groups in total. The van der Waals surface area contributed by atoms with Gasteiger partial charge in [-0.25, -0.2) is 4.68 Å². The Morgan fingerprint density at radius 2 is 1.80 bits per heavy atom. The van der Waals surface area contributed by atoms with Crippen molar-refractivity contribution in [2.75, 3.05) is 0 Å². The van der Waals surface area contributed by atoms with Crippen LogP contribution in [0.25, 0.3) is 16.3 Å². The van der Waals surface area contributed by atoms with Gasteiger partial charge in [-0.15, -0.1) is 0 Å². The van der Waals surface area contributed by atoms with Crippen LogP contribution >= 0.6 is 11.3 Å². The van der Waals surface area contributed by atoms with Gasteiger partial charge < -0.3 is 0 Å². The molecule has 0 saturated carbocycles. The lowest BCUT2D eigenvalue weighted by molar-refractivity contribution is -0.384. The third-order valence-electron chi connectivity index (χ3n) is 4.33. The third-order valence-corrected chi connectivity index (χ3v) is 5.28. The van der Waals surface area contributed by atoms with Gasteiger partial charge in [0.25, 0.3) is 11.6 Å². The summed E-state index contributed by atoms with van der Waals surface area (Å²) in [6.07, 6.45) is 1.63. The zero-order valence-corrected chi connectivity index (χ0v) is 16.9. The van der Waals surface area contributed by atoms with Gasteiger partial charge in [-0.2, -0.15) is 15.2 Å². The molecule has 0 saturated heterocycles. The quantitative estimate of drug-likeness (QED) is 0.372. The lowest BCUT2D eigenvalue weighted by atomic mass is 10.2. The summed E-state index contributed by atoms with van der Waals surface area (Å²) >= 11 is 1.22. The first-order chi connectivity index (χ1) is 14.4. The second-order valence-electron chi connectivity index (χ2n) is 6.46. The average Bonchev–Trinajstić information content (AvgIpc) is 3.31. The van der Waals surface area contributed by atoms with Crippen LogP contribution in [0.15, 0.2) is 65.8 Å². The number of carbonyl (C=O) groups is 1. The molecule has 0 aliphatic rings. The van der Waals surface area contributed by atoms with Gasteiger partial charge in [-0.05, 0) is 31.2 Å². The van der Waals surface area contributed by atoms with Crippen molar-refractivity contribution in [3.05, 3.63) is 87.0 Å². The van der Waals surface area contributed by atoms with Crippen LogP contribution in [0.5, 0.6) is 0 Å². The Morgan fingerprint density at radius 1 is 1.10 bits per heavy atom. The number of para-hydroxylation sites is 1. The third kappa shape index (κ3) is 3.80. The minimum absolute atomic E-state index is 0.00150. The zero-order valence-electron chi connectivity index (χ0n) is 16.1. The zero-order chi connectivity index (χ0) is 21.3. The van der Waals surface area contributed by atoms with E-state index in [0.717, 1.165) is 5.69 Å². The molecule has 4 rings (SSSR count). The van der Waals surface area contributed by atoms with Crippen LogP contribution in [0.3, 0.4) is 0 Å². The highest BCUT2D eigenvalue weighted by molar-refractivity contribution is 7.12. The molecule has 2 heterocycles. The summed E-state index contributed by atoms with van der Waals surface area (Å²) in [6, 6.07) is 15.4. The fourth-order valence-corrected chi connectivity index (χ4v) is 3.80. The Balaban J connectivity index is 1.83. The number of aromatic nitrogens is 4. The van der Waals surface area contributed by atoms with Crippen LogP contribution < -0.4 is 4.80 Å². The molecule has 10 heteroatoms. The van der Waals surface area contributed by atoms with Gasteiger partial charge in [0.05, 0.1) is 21.9 Å². The summed E-state index contributed by atoms with van der Waals surface area (Å²) < 4.78 is 3.16. The summed E-state index contributed by atoms with van der Waals surface area (Å²) in [7, 11) is 1.74. The Hall–Kier alpha value is -3.92. The highest BCUT2D eigenvalue weighted by Gasteiger charge is 2.15. The van der Waals surface area contributed by atoms with Crippen LogP contribution in [0.2, 0.25) is 0 Å². The number of nitrogens with zero attached hydrogens (tertiary/aromatic N) is 6. The van der Waals surface area contributed by atoms with E-state index in [9.17, 15) is 14.9 Å². The molecule has 0 radical (unpaired) electrons. The highest BCUT2D eigenvalue weighted by atomic mass is 32.1. The molecule has 0 unspecified atom stereocenters. The highest BCUT2D eigenvalue weighted by Crippen LogP contribution is 2.23. The average molecular weight is 420 g/mol. The Morgan fingerprint density at radius 3 is 2.40 bits per heavy atom. The maximum Gasteiger partial charge on any atom is 0.283 e. The molecule has 0 bridgehead atoms. The lowest BCUT2D eigenvalue weighted by Gasteiger charge is -2.00. The Labute approximate surface area is 174 Å². The van der Waals surface area contributed by atoms with E-state index in [2.05, 4.69) is 15.2 Å². The maximum atomic E-state index is 12.8. The van der Waals surface area contributed by atoms with Gasteiger partial charge in [-0.3, -0.25) is 19.6 Å². The van der Waals surface area contributed by atoms with E-state index in [1.165, 1.54) is 23.5 Å². The maximum absolute atomic E-state index is 12.8. The molecule has 1 amide bonds. The molecule has 0 fully saturated rings. The molecular weight excluding hydrogens is 404 g/mol. The molecule has 30 heavy (non-hydrogen) atoms. The van der Waals surface area contributed by atoms with E-state index in [1.54, 1.807) is 41.7 Å². The first-order valence-corrected chi connectivity index (χ1v) is 9.74. The number of aryl methyl sites for hydroxylation is 2. The van der Waals surface area contributed by atoms with Crippen LogP contribution in [0.1, 0.15) is 16.1 Å². The molecule has 0 atom stereocenters. The van der Waals surface area contributed by atoms with Gasteiger partial charge >= 0.3 is 0 Å². The van der Waals surface area contributed by atoms with Crippen molar-refractivity contribution in [3.8, 4) is 16.3 Å². The van der Waals surface area contributed by atoms with Crippen molar-refractivity contribution in [2.24, 2.45) is 12.0 Å². The molecule has 9 nitrogen and oxygen atoms in total. The second kappa shape index (κ2) is 7.84. The van der Waals surface area contributed by atoms with Crippen molar-refractivity contribution in [1.29, 1.82) is 0 Å². The Bertz CT molecular complexity index is 1300. The SMILES string of the molecule is Cc1nn(C)cc1C(=O)N=c1sc(-c2ccc([N+](=O)[O-])cc2)nn1-c1ccccc1. The molecule has 0 aliphatic heterocycles. The molecule has 4 aromatic rings. The van der Waals surface area contributed by atoms with Crippen molar-refractivity contribution in [1.82, 2.24) is 19.6 Å². The topological polar surface area (TPSA) is 108 Å². The molecule has 150 valence electrons. The van der Waals surface area contributed by atoms with Gasteiger partial charge in [-0.1, -0.05) is 29.5 Å². The number of hydrogen-bond acceptors (Lipinski definition) is 6. The fraction of sp³-hybridized carbons (Fsp3) is 0.100. The molecule has 0 spiro atoms. The number of nitro groups is 1. The number of amides is 1. The molecular formula is C20H16N6O3S. The molecule has 2 aromatic carbocycles. The number of benzene rings is 2. The number of carbonyl (C=O) groups excluding carboxylic acids is 1. The summed E-state index contributed by atoms with van der Waals surface area (Å²) in [5, 5.41) is 20.3. The van der Waals surface area contributed by atoms with Crippen LogP contribution in [-0.2, 0) is 7.05 Å². The van der Waals surface area contributed by atoms with Gasteiger partial charge in [0.1, 0.15) is 5.01 Å². The van der Waals surface area contributed by atoms with Gasteiger partial charge in [0, 0.05) is 30.9 Å². The summed E-state index contributed by atoms with van der Waals surface area (Å²) in [5.74, 6) is -0.413. The number of hydrogen-bond donors (Lipinski definition) is 0. The van der Waals surface area contributed by atoms with Crippen molar-refractivity contribution in [2.45, 2.75) is 6.92 Å². The van der Waals surface area contributed by atoms with E-state index in [-0.39, 0.29) is 5.69 Å². The van der Waals surface area contributed by atoms with Gasteiger partial charge in [0.15, 0.2) is 0 Å². The first-order valence-electron chi connectivity index (χ1n) is 8.92. The minimum atomic E-state index is -0.453. The summed E-state index contributed by atoms with van der Waals surface area (Å²) in [4.78, 5) is 27.9. The predicted molar refractivity (Wildman–Crippen MR) is 111 cm³/mol. The standard InChI is InChI=1S/C20H16N6O3S/c1-13-17(12-24(2)22-13)18(27)21-20-25(15-6-4-3-5-7-15)23-19(30-20)14-8-10-16(11-9-14)26(28)29/h3-12H,1-2H3. The second-order valence-corrected chi connectivity index (χ2v) is 7.42. The number of rotatable bonds is 4. The van der Waals surface area contributed by atoms with Crippen molar-refractivity contribution >= 4 is 22.9 Å². The van der Waals surface area contributed by atoms with E-state index in [1.807, 2.05) is 30.3 Å². The summed E-state index contributed by atoms with van der Waals surface area (Å²) in [6.45, 7) is 1.75. The molecule has 0 aliphatic carbocycles. The predicted octanol–water partition coefficient (Wildman–Crippen LogP) is 3.29. The van der Waals surface area contributed by atoms with Crippen LogP contribution in [0.4, 0.5) is 5.69 Å². The van der Waals surface area contributed by atoms with E-state index < -0.39 is 10.8 Å². The fourth-order valence-electron chi connectivity index (χ4n) is 2.89. The van der Waals surface area contributed by atoms with Crippen molar-refractivity contribution in [3.63, 3.8) is 0 Å². The monoisotopic (exact) mass is 420 g/mol. The first kappa shape index (κ1) is 19.4. The van der Waals surface area contributed by atoms with Crippen LogP contribution in [0, 0.1) is 17.0 Å². The van der Waals surface area contributed by atoms with Gasteiger partial charge in [0.2, 0.25) is 4.80 Å².